The zero-order valence-electron chi connectivity index (χ0n) is 6.19. The maximum Gasteiger partial charge on any atom is 0.269 e. The lowest BCUT2D eigenvalue weighted by Crippen LogP contribution is -2.23. The minimum absolute atomic E-state index is 0.394. The van der Waals surface area contributed by atoms with Gasteiger partial charge in [-0.3, -0.25) is 4.79 Å². The Labute approximate surface area is 74.4 Å². The zero-order valence-corrected chi connectivity index (χ0v) is 7.76. The highest BCUT2D eigenvalue weighted by atomic mass is 35.7. The molecule has 66 valence electrons. The number of carbonyl (C=O) groups excluding carboxylic acids is 1. The number of amides is 1. The smallest absolute Gasteiger partial charge is 0.267 e. The van der Waals surface area contributed by atoms with Crippen LogP contribution >= 0.6 is 10.7 Å². The van der Waals surface area contributed by atoms with Gasteiger partial charge in [0.1, 0.15) is 5.25 Å². The van der Waals surface area contributed by atoms with Crippen molar-refractivity contribution in [2.45, 2.75) is 12.2 Å². The molecule has 0 radical (unpaired) electrons. The first-order valence-electron chi connectivity index (χ1n) is 3.11. The molecule has 4 nitrogen and oxygen atoms in total. The van der Waals surface area contributed by atoms with Crippen LogP contribution in [0.5, 0.6) is 0 Å². The Kier molecular flexibility index (Phi) is 2.34. The molecule has 1 rings (SSSR count). The Balaban J connectivity index is 3.06. The van der Waals surface area contributed by atoms with Gasteiger partial charge >= 0.3 is 0 Å². The van der Waals surface area contributed by atoms with Crippen molar-refractivity contribution >= 4 is 31.9 Å². The summed E-state index contributed by atoms with van der Waals surface area (Å²) in [7, 11) is 1.39. The average Bonchev–Trinajstić information content (AvgIpc) is 1.83. The van der Waals surface area contributed by atoms with Crippen LogP contribution in [0.25, 0.3) is 0 Å². The van der Waals surface area contributed by atoms with Crippen molar-refractivity contribution in [2.75, 3.05) is 0 Å². The summed E-state index contributed by atoms with van der Waals surface area (Å²) in [6.45, 7) is 1.52. The first kappa shape index (κ1) is 9.41. The summed E-state index contributed by atoms with van der Waals surface area (Å²) in [6, 6.07) is 0. The molecule has 12 heavy (non-hydrogen) atoms. The highest BCUT2D eigenvalue weighted by molar-refractivity contribution is 8.14. The summed E-state index contributed by atoms with van der Waals surface area (Å²) in [4.78, 5) is 14.0. The molecule has 0 spiro atoms. The molecule has 0 aromatic rings. The Morgan fingerprint density at radius 1 is 1.58 bits per heavy atom. The third-order valence-electron chi connectivity index (χ3n) is 1.44. The van der Waals surface area contributed by atoms with Gasteiger partial charge in [-0.2, -0.15) is 0 Å². The lowest BCUT2D eigenvalue weighted by Gasteiger charge is -2.10. The molecule has 1 heterocycles. The first-order chi connectivity index (χ1) is 5.41. The van der Waals surface area contributed by atoms with Crippen LogP contribution < -0.4 is 0 Å². The summed E-state index contributed by atoms with van der Waals surface area (Å²) in [5.74, 6) is -0.455. The van der Waals surface area contributed by atoms with Gasteiger partial charge in [0.05, 0.1) is 0 Å². The molecule has 1 atom stereocenters. The van der Waals surface area contributed by atoms with Gasteiger partial charge in [0, 0.05) is 23.0 Å². The molecule has 0 aromatic carbocycles. The molecule has 1 aliphatic rings. The van der Waals surface area contributed by atoms with Crippen LogP contribution in [0.2, 0.25) is 0 Å². The molecule has 6 heteroatoms. The predicted octanol–water partition coefficient (Wildman–Crippen LogP) is 0.481. The van der Waals surface area contributed by atoms with E-state index in [0.717, 1.165) is 12.3 Å². The zero-order chi connectivity index (χ0) is 9.35. The second-order valence-corrected chi connectivity index (χ2v) is 5.15. The van der Waals surface area contributed by atoms with Crippen LogP contribution in [0.4, 0.5) is 0 Å². The van der Waals surface area contributed by atoms with E-state index in [-0.39, 0.29) is 0 Å². The van der Waals surface area contributed by atoms with Crippen molar-refractivity contribution in [3.8, 4) is 0 Å². The molecular formula is C6H6ClNO3S. The summed E-state index contributed by atoms with van der Waals surface area (Å²) in [6.07, 6.45) is 2.20. The van der Waals surface area contributed by atoms with Crippen LogP contribution in [0.1, 0.15) is 6.92 Å². The Morgan fingerprint density at radius 3 is 2.58 bits per heavy atom. The summed E-state index contributed by atoms with van der Waals surface area (Å²) >= 11 is 0. The van der Waals surface area contributed by atoms with Gasteiger partial charge in [-0.15, -0.1) is 0 Å². The van der Waals surface area contributed by atoms with Gasteiger partial charge in [0.25, 0.3) is 5.91 Å². The van der Waals surface area contributed by atoms with E-state index < -0.39 is 20.2 Å². The number of rotatable bonds is 1. The fourth-order valence-electron chi connectivity index (χ4n) is 0.868. The molecule has 0 N–H and O–H groups in total. The molecule has 0 saturated heterocycles. The molecular weight excluding hydrogens is 202 g/mol. The Bertz CT molecular complexity index is 368. The van der Waals surface area contributed by atoms with Crippen molar-refractivity contribution in [1.29, 1.82) is 0 Å². The molecule has 0 bridgehead atoms. The monoisotopic (exact) mass is 207 g/mol. The van der Waals surface area contributed by atoms with Crippen molar-refractivity contribution in [1.82, 2.24) is 0 Å². The summed E-state index contributed by atoms with van der Waals surface area (Å²) in [5, 5.41) is -0.961. The number of carbonyl (C=O) groups is 1. The van der Waals surface area contributed by atoms with Gasteiger partial charge in [-0.1, -0.05) is 0 Å². The van der Waals surface area contributed by atoms with Gasteiger partial charge in [0.15, 0.2) is 0 Å². The number of dihydropyridines is 1. The van der Waals surface area contributed by atoms with Gasteiger partial charge in [-0.25, -0.2) is 13.4 Å². The fourth-order valence-corrected chi connectivity index (χ4v) is 2.15. The van der Waals surface area contributed by atoms with E-state index >= 15 is 0 Å². The summed E-state index contributed by atoms with van der Waals surface area (Å²) in [5.41, 5.74) is 0.394. The second kappa shape index (κ2) is 2.99. The number of aliphatic imine (C=N–C) groups is 1. The third kappa shape index (κ3) is 1.92. The topological polar surface area (TPSA) is 63.6 Å². The minimum Gasteiger partial charge on any atom is -0.267 e. The van der Waals surface area contributed by atoms with Crippen molar-refractivity contribution in [3.63, 3.8) is 0 Å². The second-order valence-electron chi connectivity index (χ2n) is 2.40. The van der Waals surface area contributed by atoms with Gasteiger partial charge < -0.3 is 0 Å². The highest BCUT2D eigenvalue weighted by Crippen LogP contribution is 2.17. The van der Waals surface area contributed by atoms with E-state index in [1.54, 1.807) is 0 Å². The van der Waals surface area contributed by atoms with E-state index in [2.05, 4.69) is 4.99 Å². The quantitative estimate of drug-likeness (QED) is 0.588. The van der Waals surface area contributed by atoms with Crippen molar-refractivity contribution in [2.24, 2.45) is 4.99 Å². The van der Waals surface area contributed by atoms with E-state index in [0.29, 0.717) is 5.57 Å². The van der Waals surface area contributed by atoms with E-state index in [9.17, 15) is 13.2 Å². The predicted molar refractivity (Wildman–Crippen MR) is 45.8 cm³/mol. The maximum absolute atomic E-state index is 10.8. The number of nitrogens with zero attached hydrogens (tertiary/aromatic N) is 1. The van der Waals surface area contributed by atoms with Crippen LogP contribution in [-0.2, 0) is 13.8 Å². The molecule has 1 aliphatic heterocycles. The van der Waals surface area contributed by atoms with E-state index in [4.69, 9.17) is 10.7 Å². The molecule has 1 amide bonds. The van der Waals surface area contributed by atoms with Gasteiger partial charge in [-0.05, 0) is 12.5 Å². The minimum atomic E-state index is -3.70. The lowest BCUT2D eigenvalue weighted by molar-refractivity contribution is -0.113. The average molecular weight is 208 g/mol. The van der Waals surface area contributed by atoms with Crippen LogP contribution in [-0.4, -0.2) is 25.8 Å². The van der Waals surface area contributed by atoms with Crippen molar-refractivity contribution < 1.29 is 13.2 Å². The summed E-state index contributed by atoms with van der Waals surface area (Å²) < 4.78 is 21.7. The number of hydrogen-bond acceptors (Lipinski definition) is 3. The van der Waals surface area contributed by atoms with Crippen LogP contribution in [0.15, 0.2) is 16.6 Å². The van der Waals surface area contributed by atoms with Crippen LogP contribution in [0, 0.1) is 0 Å². The maximum atomic E-state index is 10.8. The Hall–Kier alpha value is -0.680. The normalized spacial score (nSPS) is 24.0. The van der Waals surface area contributed by atoms with E-state index in [1.165, 1.54) is 6.92 Å². The lowest BCUT2D eigenvalue weighted by atomic mass is 10.2. The molecule has 0 fully saturated rings. The number of halogens is 1. The molecule has 0 saturated carbocycles. The fraction of sp³-hybridized carbons (Fsp3) is 0.333. The highest BCUT2D eigenvalue weighted by Gasteiger charge is 2.25. The van der Waals surface area contributed by atoms with Crippen LogP contribution in [0.3, 0.4) is 0 Å². The SMILES string of the molecule is CC1=CC(=O)N=CC1S(=O)(=O)Cl. The Morgan fingerprint density at radius 2 is 2.17 bits per heavy atom. The molecule has 1 unspecified atom stereocenters. The van der Waals surface area contributed by atoms with Gasteiger partial charge in [0.2, 0.25) is 9.05 Å². The third-order valence-corrected chi connectivity index (χ3v) is 3.12. The van der Waals surface area contributed by atoms with Crippen molar-refractivity contribution in [3.05, 3.63) is 11.6 Å². The molecule has 0 aliphatic carbocycles. The van der Waals surface area contributed by atoms with E-state index in [1.807, 2.05) is 0 Å². The number of hydrogen-bond donors (Lipinski definition) is 0. The standard InChI is InChI=1S/C6H6ClNO3S/c1-4-2-6(9)8-3-5(4)12(7,10)11/h2-3,5H,1H3. The largest absolute Gasteiger partial charge is 0.269 e. The molecule has 0 aromatic heterocycles. The first-order valence-corrected chi connectivity index (χ1v) is 5.48.